The van der Waals surface area contributed by atoms with Crippen LogP contribution in [0.15, 0.2) is 24.4 Å². The predicted octanol–water partition coefficient (Wildman–Crippen LogP) is 2.60. The van der Waals surface area contributed by atoms with Crippen molar-refractivity contribution in [1.29, 1.82) is 0 Å². The van der Waals surface area contributed by atoms with Gasteiger partial charge in [-0.2, -0.15) is 0 Å². The molecule has 0 atom stereocenters. The lowest BCUT2D eigenvalue weighted by Gasteiger charge is -2.05. The minimum atomic E-state index is 0.353. The Morgan fingerprint density at radius 3 is 3.08 bits per heavy atom. The Morgan fingerprint density at radius 2 is 2.25 bits per heavy atom. The minimum Gasteiger partial charge on any atom is -0.0838 e. The third kappa shape index (κ3) is 1.14. The van der Waals surface area contributed by atoms with E-state index in [-0.39, 0.29) is 0 Å². The molecule has 60 valence electrons. The Balaban J connectivity index is 2.60. The van der Waals surface area contributed by atoms with Crippen LogP contribution in [0.4, 0.5) is 0 Å². The average Bonchev–Trinajstić information content (AvgIpc) is 2.07. The standard InChI is InChI=1S/C9H7ClNO/c10-9-3-1-2-7-4-5-11(12)6-8(7)9/h1-5H,6H2/q+1. The molecule has 2 nitrogen and oxygen atoms in total. The predicted molar refractivity (Wildman–Crippen MR) is 47.8 cm³/mol. The molecular formula is C9H7ClNO+. The molecule has 1 aromatic rings. The van der Waals surface area contributed by atoms with Gasteiger partial charge >= 0.3 is 0 Å². The van der Waals surface area contributed by atoms with Crippen LogP contribution in [0.1, 0.15) is 11.1 Å². The van der Waals surface area contributed by atoms with Crippen LogP contribution in [0.2, 0.25) is 5.02 Å². The fourth-order valence-electron chi connectivity index (χ4n) is 1.27. The van der Waals surface area contributed by atoms with E-state index in [9.17, 15) is 4.91 Å². The molecule has 1 aliphatic heterocycles. The molecule has 0 N–H and O–H groups in total. The number of fused-ring (bicyclic) bond motifs is 1. The lowest BCUT2D eigenvalue weighted by Crippen LogP contribution is -2.06. The van der Waals surface area contributed by atoms with Gasteiger partial charge in [0.2, 0.25) is 12.7 Å². The molecule has 0 fully saturated rings. The monoisotopic (exact) mass is 180 g/mol. The Labute approximate surface area is 75.0 Å². The first-order valence-electron chi connectivity index (χ1n) is 3.67. The first-order chi connectivity index (χ1) is 5.77. The van der Waals surface area contributed by atoms with Crippen molar-refractivity contribution in [3.05, 3.63) is 45.5 Å². The topological polar surface area (TPSA) is 20.1 Å². The van der Waals surface area contributed by atoms with E-state index in [1.165, 1.54) is 6.20 Å². The van der Waals surface area contributed by atoms with Crippen LogP contribution >= 0.6 is 11.6 Å². The van der Waals surface area contributed by atoms with Crippen LogP contribution in [0.5, 0.6) is 0 Å². The van der Waals surface area contributed by atoms with E-state index in [2.05, 4.69) is 0 Å². The van der Waals surface area contributed by atoms with Gasteiger partial charge in [-0.3, -0.25) is 0 Å². The van der Waals surface area contributed by atoms with E-state index in [1.807, 2.05) is 12.1 Å². The summed E-state index contributed by atoms with van der Waals surface area (Å²) in [7, 11) is 0. The van der Waals surface area contributed by atoms with E-state index in [0.717, 1.165) is 15.9 Å². The highest BCUT2D eigenvalue weighted by Gasteiger charge is 2.17. The second-order valence-electron chi connectivity index (χ2n) is 2.70. The molecule has 1 heterocycles. The van der Waals surface area contributed by atoms with Gasteiger partial charge in [-0.1, -0.05) is 23.7 Å². The van der Waals surface area contributed by atoms with Crippen LogP contribution in [-0.4, -0.2) is 4.76 Å². The van der Waals surface area contributed by atoms with Crippen molar-refractivity contribution >= 4 is 17.7 Å². The molecule has 3 heteroatoms. The Kier molecular flexibility index (Phi) is 1.70. The summed E-state index contributed by atoms with van der Waals surface area (Å²) in [5, 5.41) is 0.665. The summed E-state index contributed by atoms with van der Waals surface area (Å²) < 4.78 is 0.869. The molecule has 12 heavy (non-hydrogen) atoms. The smallest absolute Gasteiger partial charge is 0.0838 e. The van der Waals surface area contributed by atoms with Crippen LogP contribution in [0.25, 0.3) is 6.08 Å². The molecule has 1 aromatic carbocycles. The fourth-order valence-corrected chi connectivity index (χ4v) is 1.51. The van der Waals surface area contributed by atoms with Crippen molar-refractivity contribution in [2.75, 3.05) is 0 Å². The van der Waals surface area contributed by atoms with Gasteiger partial charge in [0, 0.05) is 21.3 Å². The Bertz CT molecular complexity index is 371. The SMILES string of the molecule is O=[N+]1C=Cc2cccc(Cl)c2C1. The lowest BCUT2D eigenvalue weighted by molar-refractivity contribution is -0.496. The molecule has 0 saturated carbocycles. The van der Waals surface area contributed by atoms with Gasteiger partial charge in [0.25, 0.3) is 0 Å². The van der Waals surface area contributed by atoms with Gasteiger partial charge in [0.1, 0.15) is 0 Å². The van der Waals surface area contributed by atoms with Crippen LogP contribution in [0.3, 0.4) is 0 Å². The molecule has 0 aromatic heterocycles. The maximum atomic E-state index is 10.9. The highest BCUT2D eigenvalue weighted by atomic mass is 35.5. The van der Waals surface area contributed by atoms with Crippen molar-refractivity contribution in [3.63, 3.8) is 0 Å². The number of hydrogen-bond donors (Lipinski definition) is 0. The third-order valence-electron chi connectivity index (χ3n) is 1.89. The van der Waals surface area contributed by atoms with E-state index in [1.54, 1.807) is 12.1 Å². The summed E-state index contributed by atoms with van der Waals surface area (Å²) in [6.07, 6.45) is 3.29. The zero-order valence-corrected chi connectivity index (χ0v) is 7.08. The largest absolute Gasteiger partial charge is 0.225 e. The molecule has 0 saturated heterocycles. The van der Waals surface area contributed by atoms with Crippen molar-refractivity contribution < 1.29 is 4.76 Å². The van der Waals surface area contributed by atoms with Gasteiger partial charge < -0.3 is 0 Å². The van der Waals surface area contributed by atoms with Gasteiger partial charge in [-0.25, -0.2) is 0 Å². The molecule has 0 unspecified atom stereocenters. The minimum absolute atomic E-state index is 0.353. The maximum absolute atomic E-state index is 10.9. The van der Waals surface area contributed by atoms with Gasteiger partial charge in [-0.15, -0.1) is 0 Å². The zero-order valence-electron chi connectivity index (χ0n) is 6.33. The average molecular weight is 181 g/mol. The number of halogens is 1. The number of nitrogens with zero attached hydrogens (tertiary/aromatic N) is 1. The van der Waals surface area contributed by atoms with E-state index in [0.29, 0.717) is 11.6 Å². The lowest BCUT2D eigenvalue weighted by atomic mass is 10.1. The van der Waals surface area contributed by atoms with E-state index >= 15 is 0 Å². The summed E-state index contributed by atoms with van der Waals surface area (Å²) in [5.74, 6) is 0. The van der Waals surface area contributed by atoms with Gasteiger partial charge in [-0.05, 0) is 11.6 Å². The van der Waals surface area contributed by atoms with Crippen molar-refractivity contribution in [2.24, 2.45) is 0 Å². The molecular weight excluding hydrogens is 174 g/mol. The number of hydrogen-bond acceptors (Lipinski definition) is 1. The Hall–Kier alpha value is -1.15. The van der Waals surface area contributed by atoms with Gasteiger partial charge in [0.05, 0.1) is 5.02 Å². The maximum Gasteiger partial charge on any atom is 0.225 e. The first kappa shape index (κ1) is 7.50. The molecule has 2 rings (SSSR count). The second-order valence-corrected chi connectivity index (χ2v) is 3.11. The molecule has 0 bridgehead atoms. The number of nitroso groups, excluding NO2 is 1. The molecule has 0 spiro atoms. The third-order valence-corrected chi connectivity index (χ3v) is 2.24. The summed E-state index contributed by atoms with van der Waals surface area (Å²) in [6, 6.07) is 5.63. The summed E-state index contributed by atoms with van der Waals surface area (Å²) in [6.45, 7) is 0.353. The van der Waals surface area contributed by atoms with E-state index in [4.69, 9.17) is 11.6 Å². The quantitative estimate of drug-likeness (QED) is 0.562. The summed E-state index contributed by atoms with van der Waals surface area (Å²) in [4.78, 5) is 10.9. The molecule has 0 amide bonds. The second kappa shape index (κ2) is 2.72. The summed E-state index contributed by atoms with van der Waals surface area (Å²) >= 11 is 5.91. The Morgan fingerprint density at radius 1 is 1.42 bits per heavy atom. The van der Waals surface area contributed by atoms with Crippen LogP contribution in [-0.2, 0) is 6.54 Å². The van der Waals surface area contributed by atoms with Crippen molar-refractivity contribution in [1.82, 2.24) is 0 Å². The number of rotatable bonds is 0. The molecule has 0 aliphatic carbocycles. The normalized spacial score (nSPS) is 14.6. The fraction of sp³-hybridized carbons (Fsp3) is 0.111. The van der Waals surface area contributed by atoms with Crippen LogP contribution < -0.4 is 0 Å². The van der Waals surface area contributed by atoms with Crippen molar-refractivity contribution in [3.8, 4) is 0 Å². The summed E-state index contributed by atoms with van der Waals surface area (Å²) in [5.41, 5.74) is 1.95. The highest BCUT2D eigenvalue weighted by Crippen LogP contribution is 2.24. The molecule has 1 aliphatic rings. The molecule has 0 radical (unpaired) electrons. The van der Waals surface area contributed by atoms with Crippen molar-refractivity contribution in [2.45, 2.75) is 6.54 Å². The number of benzene rings is 1. The zero-order chi connectivity index (χ0) is 8.55. The van der Waals surface area contributed by atoms with Crippen LogP contribution in [0, 0.1) is 4.91 Å². The highest BCUT2D eigenvalue weighted by molar-refractivity contribution is 6.31. The first-order valence-corrected chi connectivity index (χ1v) is 4.04. The van der Waals surface area contributed by atoms with E-state index < -0.39 is 0 Å². The van der Waals surface area contributed by atoms with Gasteiger partial charge in [0.15, 0.2) is 0 Å².